The van der Waals surface area contributed by atoms with E-state index in [1.807, 2.05) is 17.0 Å². The molecule has 0 aliphatic carbocycles. The van der Waals surface area contributed by atoms with Gasteiger partial charge in [-0.3, -0.25) is 9.78 Å². The topological polar surface area (TPSA) is 112 Å². The van der Waals surface area contributed by atoms with Crippen molar-refractivity contribution in [2.75, 3.05) is 20.2 Å². The number of amides is 2. The number of hydrazone groups is 1. The lowest BCUT2D eigenvalue weighted by atomic mass is 10.1. The molecule has 1 saturated heterocycles. The summed E-state index contributed by atoms with van der Waals surface area (Å²) in [4.78, 5) is 30.0. The van der Waals surface area contributed by atoms with E-state index < -0.39 is 6.09 Å². The van der Waals surface area contributed by atoms with Crippen molar-refractivity contribution in [3.63, 3.8) is 0 Å². The van der Waals surface area contributed by atoms with Gasteiger partial charge in [-0.25, -0.2) is 14.6 Å². The van der Waals surface area contributed by atoms with Crippen molar-refractivity contribution in [1.29, 1.82) is 0 Å². The van der Waals surface area contributed by atoms with E-state index >= 15 is 0 Å². The average Bonchev–Trinajstić information content (AvgIpc) is 2.99. The van der Waals surface area contributed by atoms with Crippen molar-refractivity contribution in [3.05, 3.63) is 84.3 Å². The van der Waals surface area contributed by atoms with Crippen LogP contribution in [0.1, 0.15) is 25.3 Å². The van der Waals surface area contributed by atoms with E-state index in [2.05, 4.69) is 15.5 Å². The van der Waals surface area contributed by atoms with Gasteiger partial charge < -0.3 is 23.8 Å². The first-order chi connectivity index (χ1) is 20.4. The number of hydrogen-bond donors (Lipinski definition) is 1. The molecule has 42 heavy (non-hydrogen) atoms. The molecule has 0 saturated carbocycles. The Bertz CT molecular complexity index is 1590. The van der Waals surface area contributed by atoms with Gasteiger partial charge in [0.05, 0.1) is 18.8 Å². The summed E-state index contributed by atoms with van der Waals surface area (Å²) in [6.07, 6.45) is 3.68. The Labute approximate surface area is 241 Å². The second-order valence-electron chi connectivity index (χ2n) is 9.54. The summed E-state index contributed by atoms with van der Waals surface area (Å²) >= 11 is 0. The van der Waals surface area contributed by atoms with E-state index in [4.69, 9.17) is 18.9 Å². The molecule has 2 heterocycles. The third-order valence-electron chi connectivity index (χ3n) is 6.67. The largest absolute Gasteiger partial charge is 0.493 e. The summed E-state index contributed by atoms with van der Waals surface area (Å²) in [5, 5.41) is 4.52. The normalized spacial score (nSPS) is 13.6. The van der Waals surface area contributed by atoms with Crippen molar-refractivity contribution >= 4 is 29.1 Å². The van der Waals surface area contributed by atoms with Gasteiger partial charge in [0.2, 0.25) is 5.91 Å². The Morgan fingerprint density at radius 2 is 1.69 bits per heavy atom. The van der Waals surface area contributed by atoms with E-state index in [-0.39, 0.29) is 23.6 Å². The number of methoxy groups -OCH3 is 1. The zero-order chi connectivity index (χ0) is 29.5. The van der Waals surface area contributed by atoms with Gasteiger partial charge in [-0.05, 0) is 54.1 Å². The molecule has 5 rings (SSSR count). The van der Waals surface area contributed by atoms with Gasteiger partial charge in [0.25, 0.3) is 0 Å². The number of ether oxygens (including phenoxy) is 4. The molecule has 0 unspecified atom stereocenters. The van der Waals surface area contributed by atoms with Gasteiger partial charge in [0.15, 0.2) is 11.5 Å². The SMILES string of the molecule is COc1cc2c(Oc3ccc(OC(=O)NN=Cc4ccc(F)cc4)cc3)ccnc2cc1OC1CCN(C(C)=O)CC1. The fourth-order valence-electron chi connectivity index (χ4n) is 4.48. The Kier molecular flexibility index (Phi) is 8.76. The molecule has 0 radical (unpaired) electrons. The first-order valence-electron chi connectivity index (χ1n) is 13.3. The molecule has 0 atom stereocenters. The minimum atomic E-state index is -0.781. The molecular weight excluding hydrogens is 543 g/mol. The molecule has 2 amide bonds. The number of carbonyl (C=O) groups excluding carboxylic acids is 2. The number of piperidine rings is 1. The zero-order valence-corrected chi connectivity index (χ0v) is 23.1. The van der Waals surface area contributed by atoms with Crippen molar-refractivity contribution in [2.45, 2.75) is 25.9 Å². The Morgan fingerprint density at radius 1 is 0.976 bits per heavy atom. The van der Waals surface area contributed by atoms with Crippen LogP contribution >= 0.6 is 0 Å². The Morgan fingerprint density at radius 3 is 2.38 bits per heavy atom. The second-order valence-corrected chi connectivity index (χ2v) is 9.54. The van der Waals surface area contributed by atoms with Crippen molar-refractivity contribution in [2.24, 2.45) is 5.10 Å². The molecule has 0 bridgehead atoms. The van der Waals surface area contributed by atoms with Gasteiger partial charge >= 0.3 is 6.09 Å². The van der Waals surface area contributed by atoms with Crippen LogP contribution in [0, 0.1) is 5.82 Å². The minimum Gasteiger partial charge on any atom is -0.493 e. The average molecular weight is 573 g/mol. The summed E-state index contributed by atoms with van der Waals surface area (Å²) in [7, 11) is 1.58. The van der Waals surface area contributed by atoms with E-state index in [0.29, 0.717) is 47.2 Å². The number of rotatable bonds is 8. The fraction of sp³-hybridized carbons (Fsp3) is 0.226. The van der Waals surface area contributed by atoms with Crippen LogP contribution in [-0.4, -0.2) is 54.4 Å². The smallest absolute Gasteiger partial charge is 0.433 e. The lowest BCUT2D eigenvalue weighted by Gasteiger charge is -2.31. The molecule has 0 spiro atoms. The Balaban J connectivity index is 1.22. The van der Waals surface area contributed by atoms with Crippen LogP contribution in [0.5, 0.6) is 28.7 Å². The summed E-state index contributed by atoms with van der Waals surface area (Å²) in [5.41, 5.74) is 3.54. The van der Waals surface area contributed by atoms with Crippen LogP contribution in [0.2, 0.25) is 0 Å². The number of likely N-dealkylation sites (tertiary alicyclic amines) is 1. The van der Waals surface area contributed by atoms with Gasteiger partial charge in [-0.15, -0.1) is 0 Å². The number of pyridine rings is 1. The number of benzene rings is 3. The Hall–Kier alpha value is -5.19. The first kappa shape index (κ1) is 28.3. The fourth-order valence-corrected chi connectivity index (χ4v) is 4.48. The summed E-state index contributed by atoms with van der Waals surface area (Å²) in [6.45, 7) is 2.90. The monoisotopic (exact) mass is 572 g/mol. The van der Waals surface area contributed by atoms with Crippen LogP contribution < -0.4 is 24.4 Å². The van der Waals surface area contributed by atoms with Crippen LogP contribution in [0.15, 0.2) is 78.0 Å². The molecular formula is C31H29FN4O6. The zero-order valence-electron chi connectivity index (χ0n) is 23.1. The standard InChI is InChI=1S/C31H29FN4O6/c1-20(37)36-15-12-25(13-16-36)41-30-18-27-26(17-29(30)39-2)28(11-14-33-27)40-23-7-9-24(10-8-23)42-31(38)35-34-19-21-3-5-22(32)6-4-21/h3-11,14,17-19,25H,12-13,15-16H2,1-2H3,(H,35,38). The first-order valence-corrected chi connectivity index (χ1v) is 13.3. The van der Waals surface area contributed by atoms with Crippen LogP contribution in [0.3, 0.4) is 0 Å². The maximum Gasteiger partial charge on any atom is 0.433 e. The minimum absolute atomic E-state index is 0.0317. The predicted molar refractivity (Wildman–Crippen MR) is 154 cm³/mol. The third kappa shape index (κ3) is 7.11. The molecule has 3 aromatic carbocycles. The number of fused-ring (bicyclic) bond motifs is 1. The van der Waals surface area contributed by atoms with Gasteiger partial charge in [-0.1, -0.05) is 12.1 Å². The quantitative estimate of drug-likeness (QED) is 0.213. The van der Waals surface area contributed by atoms with Crippen molar-refractivity contribution < 1.29 is 32.9 Å². The predicted octanol–water partition coefficient (Wildman–Crippen LogP) is 5.69. The number of aromatic nitrogens is 1. The third-order valence-corrected chi connectivity index (χ3v) is 6.67. The number of carbonyl (C=O) groups is 2. The van der Waals surface area contributed by atoms with Crippen molar-refractivity contribution in [1.82, 2.24) is 15.3 Å². The number of nitrogens with zero attached hydrogens (tertiary/aromatic N) is 3. The molecule has 1 fully saturated rings. The highest BCUT2D eigenvalue weighted by Gasteiger charge is 2.23. The van der Waals surface area contributed by atoms with Crippen LogP contribution in [0.25, 0.3) is 10.9 Å². The molecule has 1 aromatic heterocycles. The molecule has 10 nitrogen and oxygen atoms in total. The lowest BCUT2D eigenvalue weighted by molar-refractivity contribution is -0.130. The van der Waals surface area contributed by atoms with E-state index in [9.17, 15) is 14.0 Å². The summed E-state index contributed by atoms with van der Waals surface area (Å²) in [6, 6.07) is 17.6. The summed E-state index contributed by atoms with van der Waals surface area (Å²) in [5.74, 6) is 2.20. The molecule has 4 aromatic rings. The number of hydrogen-bond acceptors (Lipinski definition) is 8. The highest BCUT2D eigenvalue weighted by atomic mass is 19.1. The van der Waals surface area contributed by atoms with Crippen molar-refractivity contribution in [3.8, 4) is 28.7 Å². The maximum atomic E-state index is 13.0. The molecule has 1 aliphatic heterocycles. The molecule has 11 heteroatoms. The van der Waals surface area contributed by atoms with Gasteiger partial charge in [0.1, 0.15) is 29.2 Å². The lowest BCUT2D eigenvalue weighted by Crippen LogP contribution is -2.40. The van der Waals surface area contributed by atoms with Gasteiger partial charge in [-0.2, -0.15) is 5.10 Å². The second kappa shape index (κ2) is 13.0. The van der Waals surface area contributed by atoms with Gasteiger partial charge in [0, 0.05) is 50.5 Å². The molecule has 216 valence electrons. The molecule has 1 N–H and O–H groups in total. The maximum absolute atomic E-state index is 13.0. The summed E-state index contributed by atoms with van der Waals surface area (Å²) < 4.78 is 36.2. The van der Waals surface area contributed by atoms with Crippen LogP contribution in [0.4, 0.5) is 9.18 Å². The highest BCUT2D eigenvalue weighted by molar-refractivity contribution is 5.88. The van der Waals surface area contributed by atoms with E-state index in [1.54, 1.807) is 50.6 Å². The van der Waals surface area contributed by atoms with E-state index in [0.717, 1.165) is 18.2 Å². The number of nitrogens with one attached hydrogen (secondary N) is 1. The van der Waals surface area contributed by atoms with E-state index in [1.165, 1.54) is 30.5 Å². The van der Waals surface area contributed by atoms with Crippen LogP contribution in [-0.2, 0) is 4.79 Å². The molecule has 1 aliphatic rings. The number of halogens is 1. The highest BCUT2D eigenvalue weighted by Crippen LogP contribution is 2.38.